The zero-order chi connectivity index (χ0) is 14.2. The molecule has 2 rings (SSSR count). The molecule has 0 saturated heterocycles. The molecule has 0 unspecified atom stereocenters. The van der Waals surface area contributed by atoms with Gasteiger partial charge in [0.2, 0.25) is 0 Å². The number of nitrogens with one attached hydrogen (secondary N) is 1. The highest BCUT2D eigenvalue weighted by Crippen LogP contribution is 2.52. The molecule has 0 aromatic heterocycles. The van der Waals surface area contributed by atoms with E-state index < -0.39 is 4.92 Å². The molecule has 1 saturated carbocycles. The molecule has 0 amide bonds. The Hall–Kier alpha value is -1.00. The van der Waals surface area contributed by atoms with E-state index in [9.17, 15) is 10.1 Å². The summed E-state index contributed by atoms with van der Waals surface area (Å²) in [7, 11) is 0. The predicted octanol–water partition coefficient (Wildman–Crippen LogP) is 4.75. The molecule has 104 valence electrons. The summed E-state index contributed by atoms with van der Waals surface area (Å²) in [5, 5.41) is 14.7. The molecule has 0 aliphatic heterocycles. The molecule has 1 fully saturated rings. The summed E-state index contributed by atoms with van der Waals surface area (Å²) in [5.41, 5.74) is 0.667. The third-order valence-electron chi connectivity index (χ3n) is 3.98. The fraction of sp³-hybridized carbons (Fsp3) is 0.538. The second-order valence-corrected chi connectivity index (χ2v) is 6.23. The molecule has 0 radical (unpaired) electrons. The van der Waals surface area contributed by atoms with Crippen molar-refractivity contribution in [2.75, 3.05) is 11.9 Å². The van der Waals surface area contributed by atoms with Crippen LogP contribution in [-0.2, 0) is 0 Å². The second kappa shape index (κ2) is 5.17. The fourth-order valence-corrected chi connectivity index (χ4v) is 2.54. The molecule has 19 heavy (non-hydrogen) atoms. The van der Waals surface area contributed by atoms with Crippen LogP contribution in [-0.4, -0.2) is 11.5 Å². The van der Waals surface area contributed by atoms with Gasteiger partial charge in [0.1, 0.15) is 5.69 Å². The number of benzene rings is 1. The van der Waals surface area contributed by atoms with Gasteiger partial charge in [-0.3, -0.25) is 10.1 Å². The molecule has 1 aromatic carbocycles. The van der Waals surface area contributed by atoms with Crippen molar-refractivity contribution in [1.82, 2.24) is 0 Å². The summed E-state index contributed by atoms with van der Waals surface area (Å²) in [4.78, 5) is 10.6. The summed E-state index contributed by atoms with van der Waals surface area (Å²) >= 11 is 11.7. The zero-order valence-corrected chi connectivity index (χ0v) is 12.4. The van der Waals surface area contributed by atoms with Gasteiger partial charge >= 0.3 is 0 Å². The molecule has 1 aliphatic carbocycles. The highest BCUT2D eigenvalue weighted by molar-refractivity contribution is 6.42. The van der Waals surface area contributed by atoms with Crippen LogP contribution in [0.2, 0.25) is 10.0 Å². The first-order valence-electron chi connectivity index (χ1n) is 6.23. The molecule has 6 heteroatoms. The minimum absolute atomic E-state index is 0.0334. The van der Waals surface area contributed by atoms with Crippen LogP contribution in [0.1, 0.15) is 26.7 Å². The summed E-state index contributed by atoms with van der Waals surface area (Å²) in [6.07, 6.45) is 2.32. The average Bonchev–Trinajstić information content (AvgIpc) is 3.11. The van der Waals surface area contributed by atoms with Crippen LogP contribution in [0, 0.1) is 21.4 Å². The monoisotopic (exact) mass is 302 g/mol. The summed E-state index contributed by atoms with van der Waals surface area (Å²) in [5.74, 6) is 0.557. The SMILES string of the molecule is CC(C)C1(CNc2cc(Cl)c(Cl)cc2[N+](=O)[O-])CC1. The lowest BCUT2D eigenvalue weighted by Crippen LogP contribution is -2.21. The minimum Gasteiger partial charge on any atom is -0.379 e. The minimum atomic E-state index is -0.445. The number of hydrogen-bond acceptors (Lipinski definition) is 3. The third-order valence-corrected chi connectivity index (χ3v) is 4.71. The van der Waals surface area contributed by atoms with Crippen molar-refractivity contribution in [2.45, 2.75) is 26.7 Å². The average molecular weight is 303 g/mol. The van der Waals surface area contributed by atoms with Crippen LogP contribution in [0.15, 0.2) is 12.1 Å². The molecule has 0 atom stereocenters. The van der Waals surface area contributed by atoms with Crippen molar-refractivity contribution < 1.29 is 4.92 Å². The van der Waals surface area contributed by atoms with E-state index in [4.69, 9.17) is 23.2 Å². The molecule has 1 N–H and O–H groups in total. The molecular formula is C13H16Cl2N2O2. The van der Waals surface area contributed by atoms with Gasteiger partial charge in [0.15, 0.2) is 0 Å². The van der Waals surface area contributed by atoms with Gasteiger partial charge in [-0.1, -0.05) is 37.0 Å². The van der Waals surface area contributed by atoms with E-state index in [1.54, 1.807) is 0 Å². The fourth-order valence-electron chi connectivity index (χ4n) is 2.22. The van der Waals surface area contributed by atoms with Crippen molar-refractivity contribution in [3.8, 4) is 0 Å². The van der Waals surface area contributed by atoms with Gasteiger partial charge in [-0.25, -0.2) is 0 Å². The maximum absolute atomic E-state index is 11.0. The first-order chi connectivity index (χ1) is 8.85. The number of halogens is 2. The van der Waals surface area contributed by atoms with Crippen LogP contribution in [0.3, 0.4) is 0 Å². The lowest BCUT2D eigenvalue weighted by Gasteiger charge is -2.20. The van der Waals surface area contributed by atoms with E-state index >= 15 is 0 Å². The zero-order valence-electron chi connectivity index (χ0n) is 10.9. The van der Waals surface area contributed by atoms with Gasteiger partial charge < -0.3 is 5.32 Å². The van der Waals surface area contributed by atoms with Crippen LogP contribution in [0.4, 0.5) is 11.4 Å². The van der Waals surface area contributed by atoms with Gasteiger partial charge in [-0.05, 0) is 30.2 Å². The third kappa shape index (κ3) is 2.95. The topological polar surface area (TPSA) is 55.2 Å². The van der Waals surface area contributed by atoms with Crippen molar-refractivity contribution in [3.05, 3.63) is 32.3 Å². The highest BCUT2D eigenvalue weighted by atomic mass is 35.5. The van der Waals surface area contributed by atoms with Gasteiger partial charge in [0.25, 0.3) is 5.69 Å². The van der Waals surface area contributed by atoms with Gasteiger partial charge in [-0.2, -0.15) is 0 Å². The lowest BCUT2D eigenvalue weighted by atomic mass is 9.92. The van der Waals surface area contributed by atoms with Gasteiger partial charge in [0.05, 0.1) is 15.0 Å². The van der Waals surface area contributed by atoms with E-state index in [1.165, 1.54) is 12.1 Å². The summed E-state index contributed by atoms with van der Waals surface area (Å²) in [6, 6.07) is 2.82. The standard InChI is InChI=1S/C13H16Cl2N2O2/c1-8(2)13(3-4-13)7-16-11-5-9(14)10(15)6-12(11)17(18)19/h5-6,8,16H,3-4,7H2,1-2H3. The van der Waals surface area contributed by atoms with Crippen LogP contribution in [0.5, 0.6) is 0 Å². The predicted molar refractivity (Wildman–Crippen MR) is 78.1 cm³/mol. The first kappa shape index (κ1) is 14.4. The number of hydrogen-bond donors (Lipinski definition) is 1. The molecule has 0 bridgehead atoms. The Kier molecular flexibility index (Phi) is 3.92. The Morgan fingerprint density at radius 3 is 2.42 bits per heavy atom. The van der Waals surface area contributed by atoms with Crippen molar-refractivity contribution >= 4 is 34.6 Å². The molecule has 1 aliphatic rings. The smallest absolute Gasteiger partial charge is 0.293 e. The van der Waals surface area contributed by atoms with Crippen LogP contribution < -0.4 is 5.32 Å². The second-order valence-electron chi connectivity index (χ2n) is 5.41. The van der Waals surface area contributed by atoms with Gasteiger partial charge in [0, 0.05) is 12.6 Å². The number of nitro benzene ring substituents is 1. The molecule has 0 heterocycles. The Morgan fingerprint density at radius 1 is 1.37 bits per heavy atom. The van der Waals surface area contributed by atoms with Gasteiger partial charge in [-0.15, -0.1) is 0 Å². The van der Waals surface area contributed by atoms with Crippen molar-refractivity contribution in [2.24, 2.45) is 11.3 Å². The number of nitro groups is 1. The highest BCUT2D eigenvalue weighted by Gasteiger charge is 2.45. The summed E-state index contributed by atoms with van der Waals surface area (Å²) < 4.78 is 0. The number of rotatable bonds is 5. The Morgan fingerprint density at radius 2 is 1.95 bits per heavy atom. The summed E-state index contributed by atoms with van der Waals surface area (Å²) in [6.45, 7) is 5.08. The Balaban J connectivity index is 2.20. The largest absolute Gasteiger partial charge is 0.379 e. The van der Waals surface area contributed by atoms with Crippen LogP contribution >= 0.6 is 23.2 Å². The molecule has 4 nitrogen and oxygen atoms in total. The van der Waals surface area contributed by atoms with Crippen LogP contribution in [0.25, 0.3) is 0 Å². The maximum atomic E-state index is 11.0. The Labute approximate surface area is 122 Å². The number of nitrogens with zero attached hydrogens (tertiary/aromatic N) is 1. The van der Waals surface area contributed by atoms with E-state index in [2.05, 4.69) is 19.2 Å². The van der Waals surface area contributed by atoms with Crippen molar-refractivity contribution in [1.29, 1.82) is 0 Å². The van der Waals surface area contributed by atoms with E-state index in [0.717, 1.165) is 19.4 Å². The molecule has 0 spiro atoms. The normalized spacial score (nSPS) is 16.5. The first-order valence-corrected chi connectivity index (χ1v) is 6.98. The number of anilines is 1. The van der Waals surface area contributed by atoms with E-state index in [0.29, 0.717) is 16.6 Å². The maximum Gasteiger partial charge on any atom is 0.293 e. The lowest BCUT2D eigenvalue weighted by molar-refractivity contribution is -0.383. The van der Waals surface area contributed by atoms with E-state index in [1.807, 2.05) is 0 Å². The quantitative estimate of drug-likeness (QED) is 0.631. The molecule has 1 aromatic rings. The Bertz CT molecular complexity index is 514. The molecular weight excluding hydrogens is 287 g/mol. The van der Waals surface area contributed by atoms with E-state index in [-0.39, 0.29) is 16.1 Å². The van der Waals surface area contributed by atoms with Crippen molar-refractivity contribution in [3.63, 3.8) is 0 Å².